The van der Waals surface area contributed by atoms with Crippen molar-refractivity contribution < 1.29 is 13.2 Å². The van der Waals surface area contributed by atoms with Crippen LogP contribution < -0.4 is 10.5 Å². The van der Waals surface area contributed by atoms with Gasteiger partial charge in [0.1, 0.15) is 0 Å². The zero-order valence-electron chi connectivity index (χ0n) is 12.7. The van der Waals surface area contributed by atoms with Crippen molar-refractivity contribution in [1.29, 1.82) is 0 Å². The molecule has 0 heterocycles. The van der Waals surface area contributed by atoms with E-state index in [0.29, 0.717) is 5.69 Å². The van der Waals surface area contributed by atoms with Gasteiger partial charge >= 0.3 is 0 Å². The Morgan fingerprint density at radius 1 is 1.09 bits per heavy atom. The van der Waals surface area contributed by atoms with Gasteiger partial charge in [0.05, 0.1) is 11.3 Å². The van der Waals surface area contributed by atoms with E-state index in [1.54, 1.807) is 11.8 Å². The molecule has 3 N–H and O–H groups in total. The van der Waals surface area contributed by atoms with Crippen LogP contribution in [0, 0.1) is 0 Å². The van der Waals surface area contributed by atoms with E-state index >= 15 is 0 Å². The summed E-state index contributed by atoms with van der Waals surface area (Å²) in [5, 5.41) is 7.76. The van der Waals surface area contributed by atoms with Gasteiger partial charge in [-0.3, -0.25) is 4.79 Å². The molecule has 0 bridgehead atoms. The van der Waals surface area contributed by atoms with Crippen LogP contribution in [0.3, 0.4) is 0 Å². The molecule has 1 amide bonds. The highest BCUT2D eigenvalue weighted by molar-refractivity contribution is 7.99. The predicted octanol–water partition coefficient (Wildman–Crippen LogP) is 2.63. The molecule has 0 saturated heterocycles. The van der Waals surface area contributed by atoms with E-state index in [-0.39, 0.29) is 17.2 Å². The first kappa shape index (κ1) is 17.5. The van der Waals surface area contributed by atoms with Crippen molar-refractivity contribution in [1.82, 2.24) is 0 Å². The zero-order valence-corrected chi connectivity index (χ0v) is 14.3. The molecule has 0 aromatic heterocycles. The minimum Gasteiger partial charge on any atom is -0.326 e. The summed E-state index contributed by atoms with van der Waals surface area (Å²) in [7, 11) is -3.72. The number of nitrogens with one attached hydrogen (secondary N) is 1. The Hall–Kier alpha value is -1.83. The molecule has 0 radical (unpaired) electrons. The number of carbonyl (C=O) groups excluding carboxylic acids is 1. The van der Waals surface area contributed by atoms with Crippen molar-refractivity contribution in [2.45, 2.75) is 23.1 Å². The van der Waals surface area contributed by atoms with Crippen LogP contribution in [-0.2, 0) is 21.2 Å². The van der Waals surface area contributed by atoms with Gasteiger partial charge in [-0.25, -0.2) is 13.6 Å². The van der Waals surface area contributed by atoms with E-state index in [4.69, 9.17) is 5.14 Å². The van der Waals surface area contributed by atoms with Gasteiger partial charge in [0.25, 0.3) is 0 Å². The predicted molar refractivity (Wildman–Crippen MR) is 93.0 cm³/mol. The standard InChI is InChI=1S/C16H18N2O3S2/c1-2-22-14-7-3-12(4-8-14)11-16(19)18-13-5-9-15(10-6-13)23(17,20)21/h3-10H,2,11H2,1H3,(H,18,19)(H2,17,20,21). The van der Waals surface area contributed by atoms with Crippen LogP contribution in [0.4, 0.5) is 5.69 Å². The number of nitrogens with two attached hydrogens (primary N) is 1. The SMILES string of the molecule is CCSc1ccc(CC(=O)Nc2ccc(S(N)(=O)=O)cc2)cc1. The molecular formula is C16H18N2O3S2. The summed E-state index contributed by atoms with van der Waals surface area (Å²) in [5.41, 5.74) is 1.45. The van der Waals surface area contributed by atoms with Gasteiger partial charge in [0, 0.05) is 10.6 Å². The fourth-order valence-electron chi connectivity index (χ4n) is 1.99. The van der Waals surface area contributed by atoms with Crippen molar-refractivity contribution in [3.05, 3.63) is 54.1 Å². The Morgan fingerprint density at radius 3 is 2.22 bits per heavy atom. The number of thioether (sulfide) groups is 1. The summed E-state index contributed by atoms with van der Waals surface area (Å²) in [6.07, 6.45) is 0.258. The molecule has 2 aromatic carbocycles. The lowest BCUT2D eigenvalue weighted by Gasteiger charge is -2.07. The molecule has 0 atom stereocenters. The molecule has 2 aromatic rings. The molecule has 0 unspecified atom stereocenters. The number of hydrogen-bond donors (Lipinski definition) is 2. The molecule has 2 rings (SSSR count). The fraction of sp³-hybridized carbons (Fsp3) is 0.188. The molecule has 23 heavy (non-hydrogen) atoms. The molecule has 5 nitrogen and oxygen atoms in total. The van der Waals surface area contributed by atoms with Gasteiger partial charge in [-0.1, -0.05) is 19.1 Å². The largest absolute Gasteiger partial charge is 0.326 e. The van der Waals surface area contributed by atoms with Crippen molar-refractivity contribution >= 4 is 33.4 Å². The monoisotopic (exact) mass is 350 g/mol. The quantitative estimate of drug-likeness (QED) is 0.784. The highest BCUT2D eigenvalue weighted by Gasteiger charge is 2.08. The molecule has 0 saturated carbocycles. The number of amides is 1. The van der Waals surface area contributed by atoms with Crippen molar-refractivity contribution in [2.24, 2.45) is 5.14 Å². The smallest absolute Gasteiger partial charge is 0.238 e. The van der Waals surface area contributed by atoms with Crippen LogP contribution >= 0.6 is 11.8 Å². The number of carbonyl (C=O) groups is 1. The van der Waals surface area contributed by atoms with Gasteiger partial charge in [0.2, 0.25) is 15.9 Å². The molecule has 122 valence electrons. The van der Waals surface area contributed by atoms with Gasteiger partial charge < -0.3 is 5.32 Å². The van der Waals surface area contributed by atoms with Crippen molar-refractivity contribution in [3.8, 4) is 0 Å². The van der Waals surface area contributed by atoms with E-state index in [0.717, 1.165) is 11.3 Å². The summed E-state index contributed by atoms with van der Waals surface area (Å²) in [5.74, 6) is 0.846. The lowest BCUT2D eigenvalue weighted by molar-refractivity contribution is -0.115. The second-order valence-electron chi connectivity index (χ2n) is 4.87. The van der Waals surface area contributed by atoms with Gasteiger partial charge in [-0.2, -0.15) is 0 Å². The minimum atomic E-state index is -3.72. The second kappa shape index (κ2) is 7.63. The number of benzene rings is 2. The lowest BCUT2D eigenvalue weighted by Crippen LogP contribution is -2.15. The highest BCUT2D eigenvalue weighted by atomic mass is 32.2. The number of rotatable bonds is 6. The van der Waals surface area contributed by atoms with Crippen LogP contribution in [0.15, 0.2) is 58.3 Å². The Labute approximate surface area is 140 Å². The van der Waals surface area contributed by atoms with Gasteiger partial charge in [-0.05, 0) is 47.7 Å². The van der Waals surface area contributed by atoms with E-state index < -0.39 is 10.0 Å². The normalized spacial score (nSPS) is 11.2. The number of hydrogen-bond acceptors (Lipinski definition) is 4. The summed E-state index contributed by atoms with van der Waals surface area (Å²) in [4.78, 5) is 13.2. The zero-order chi connectivity index (χ0) is 16.9. The molecule has 0 aliphatic heterocycles. The topological polar surface area (TPSA) is 89.3 Å². The summed E-state index contributed by atoms with van der Waals surface area (Å²) >= 11 is 1.75. The third-order valence-corrected chi connectivity index (χ3v) is 4.89. The van der Waals surface area contributed by atoms with Crippen molar-refractivity contribution in [3.63, 3.8) is 0 Å². The van der Waals surface area contributed by atoms with Crippen LogP contribution in [0.25, 0.3) is 0 Å². The first-order chi connectivity index (χ1) is 10.9. The number of sulfonamides is 1. The third kappa shape index (κ3) is 5.38. The van der Waals surface area contributed by atoms with Crippen LogP contribution in [-0.4, -0.2) is 20.1 Å². The minimum absolute atomic E-state index is 0.0134. The maximum atomic E-state index is 12.0. The summed E-state index contributed by atoms with van der Waals surface area (Å²) in [6.45, 7) is 2.09. The van der Waals surface area contributed by atoms with Crippen LogP contribution in [0.5, 0.6) is 0 Å². The third-order valence-electron chi connectivity index (χ3n) is 3.07. The molecule has 0 aliphatic rings. The van der Waals surface area contributed by atoms with E-state index in [1.807, 2.05) is 24.3 Å². The Balaban J connectivity index is 1.96. The second-order valence-corrected chi connectivity index (χ2v) is 7.77. The molecular weight excluding hydrogens is 332 g/mol. The van der Waals surface area contributed by atoms with Crippen molar-refractivity contribution in [2.75, 3.05) is 11.1 Å². The van der Waals surface area contributed by atoms with E-state index in [9.17, 15) is 13.2 Å². The van der Waals surface area contributed by atoms with Crippen LogP contribution in [0.1, 0.15) is 12.5 Å². The lowest BCUT2D eigenvalue weighted by atomic mass is 10.1. The molecule has 0 spiro atoms. The maximum Gasteiger partial charge on any atom is 0.238 e. The average molecular weight is 350 g/mol. The Bertz CT molecular complexity index is 770. The fourth-order valence-corrected chi connectivity index (χ4v) is 3.17. The maximum absolute atomic E-state index is 12.0. The summed E-state index contributed by atoms with van der Waals surface area (Å²) in [6, 6.07) is 13.6. The molecule has 7 heteroatoms. The number of anilines is 1. The van der Waals surface area contributed by atoms with E-state index in [1.165, 1.54) is 29.2 Å². The molecule has 0 aliphatic carbocycles. The Morgan fingerprint density at radius 2 is 1.70 bits per heavy atom. The average Bonchev–Trinajstić information content (AvgIpc) is 2.49. The first-order valence-corrected chi connectivity index (χ1v) is 9.56. The molecule has 0 fully saturated rings. The first-order valence-electron chi connectivity index (χ1n) is 7.03. The van der Waals surface area contributed by atoms with Gasteiger partial charge in [0.15, 0.2) is 0 Å². The Kier molecular flexibility index (Phi) is 5.81. The van der Waals surface area contributed by atoms with E-state index in [2.05, 4.69) is 12.2 Å². The highest BCUT2D eigenvalue weighted by Crippen LogP contribution is 2.18. The van der Waals surface area contributed by atoms with Crippen LogP contribution in [0.2, 0.25) is 0 Å². The number of primary sulfonamides is 1. The van der Waals surface area contributed by atoms with Gasteiger partial charge in [-0.15, -0.1) is 11.8 Å². The summed E-state index contributed by atoms with van der Waals surface area (Å²) < 4.78 is 22.3.